The monoisotopic (exact) mass is 705 g/mol. The SMILES string of the molecule is Cc1cccc2c1-c1cc(c(F)c(C(F)(F)F)c1)[C@H](CC(=O)O)NC(=O)[C@H](n1cc(CCN(C)C)c(C(F)(F)F)cc1=O)c1cccc(c1)O2. The largest absolute Gasteiger partial charge is 0.481 e. The number of hydrogen-bond acceptors (Lipinski definition) is 5. The number of nitrogens with one attached hydrogen (secondary N) is 1. The Morgan fingerprint density at radius 1 is 0.960 bits per heavy atom. The van der Waals surface area contributed by atoms with Crippen LogP contribution in [0.2, 0.25) is 0 Å². The summed E-state index contributed by atoms with van der Waals surface area (Å²) in [6.45, 7) is 1.70. The van der Waals surface area contributed by atoms with Gasteiger partial charge in [-0.05, 0) is 80.0 Å². The summed E-state index contributed by atoms with van der Waals surface area (Å²) >= 11 is 0. The molecule has 264 valence electrons. The number of amides is 1. The highest BCUT2D eigenvalue weighted by Crippen LogP contribution is 2.43. The molecule has 2 atom stereocenters. The van der Waals surface area contributed by atoms with Crippen LogP contribution in [0, 0.1) is 12.7 Å². The summed E-state index contributed by atoms with van der Waals surface area (Å²) in [4.78, 5) is 41.2. The standard InChI is InChI=1S/C35H30F7N3O5/c1-18-6-4-9-27-30(18)21-13-23(31(36)25(14-21)35(40,41)42)26(16-29(47)48)43-33(49)32(19-7-5-8-22(12-19)50-27)45-17-20(10-11-44(2)3)24(15-28(45)46)34(37,38)39/h4-9,12-15,17,26,32H,10-11,16H2,1-3H3,(H,43,49)(H,47,48)/t26-,32+/m0/s1. The molecule has 0 fully saturated rings. The molecule has 8 nitrogen and oxygen atoms in total. The number of rotatable bonds is 6. The number of nitrogens with zero attached hydrogens (tertiary/aromatic N) is 2. The zero-order valence-corrected chi connectivity index (χ0v) is 26.7. The maximum atomic E-state index is 15.9. The van der Waals surface area contributed by atoms with Crippen LogP contribution in [0.5, 0.6) is 11.5 Å². The van der Waals surface area contributed by atoms with E-state index in [2.05, 4.69) is 5.32 Å². The van der Waals surface area contributed by atoms with Crippen molar-refractivity contribution in [2.24, 2.45) is 0 Å². The second-order valence-electron chi connectivity index (χ2n) is 12.1. The smallest absolute Gasteiger partial charge is 0.419 e. The van der Waals surface area contributed by atoms with Crippen LogP contribution in [-0.2, 0) is 28.4 Å². The van der Waals surface area contributed by atoms with Crippen LogP contribution in [0.25, 0.3) is 11.1 Å². The number of halogens is 7. The number of benzene rings is 3. The van der Waals surface area contributed by atoms with Gasteiger partial charge in [-0.15, -0.1) is 0 Å². The molecule has 5 rings (SSSR count). The Balaban J connectivity index is 1.83. The number of carboxylic acid groups (broad SMARTS) is 1. The van der Waals surface area contributed by atoms with Gasteiger partial charge in [-0.25, -0.2) is 4.39 Å². The minimum Gasteiger partial charge on any atom is -0.481 e. The summed E-state index contributed by atoms with van der Waals surface area (Å²) in [7, 11) is 3.25. The van der Waals surface area contributed by atoms with Gasteiger partial charge in [0.2, 0.25) is 5.91 Å². The molecule has 0 unspecified atom stereocenters. The molecule has 2 heterocycles. The fourth-order valence-corrected chi connectivity index (χ4v) is 5.93. The van der Waals surface area contributed by atoms with E-state index in [1.54, 1.807) is 38.1 Å². The van der Waals surface area contributed by atoms with Crippen LogP contribution >= 0.6 is 0 Å². The van der Waals surface area contributed by atoms with Gasteiger partial charge in [0.25, 0.3) is 5.56 Å². The molecule has 50 heavy (non-hydrogen) atoms. The summed E-state index contributed by atoms with van der Waals surface area (Å²) in [6.07, 6.45) is -10.6. The molecule has 1 aromatic heterocycles. The predicted molar refractivity (Wildman–Crippen MR) is 167 cm³/mol. The molecule has 3 aromatic carbocycles. The van der Waals surface area contributed by atoms with E-state index < -0.39 is 70.8 Å². The van der Waals surface area contributed by atoms with E-state index in [-0.39, 0.29) is 46.7 Å². The number of carboxylic acids is 1. The summed E-state index contributed by atoms with van der Waals surface area (Å²) in [5.74, 6) is -4.60. The van der Waals surface area contributed by atoms with Crippen molar-refractivity contribution in [2.75, 3.05) is 20.6 Å². The van der Waals surface area contributed by atoms with Crippen molar-refractivity contribution in [1.82, 2.24) is 14.8 Å². The molecule has 0 saturated carbocycles. The van der Waals surface area contributed by atoms with Gasteiger partial charge < -0.3 is 20.1 Å². The number of pyridine rings is 1. The third-order valence-electron chi connectivity index (χ3n) is 8.23. The Morgan fingerprint density at radius 2 is 1.64 bits per heavy atom. The lowest BCUT2D eigenvalue weighted by Crippen LogP contribution is -2.41. The second-order valence-corrected chi connectivity index (χ2v) is 12.1. The van der Waals surface area contributed by atoms with Crippen molar-refractivity contribution in [1.29, 1.82) is 0 Å². The fourth-order valence-electron chi connectivity index (χ4n) is 5.93. The number of ether oxygens (including phenoxy) is 1. The molecule has 4 bridgehead atoms. The number of carbonyl (C=O) groups excluding carboxylic acids is 1. The normalized spacial score (nSPS) is 16.4. The van der Waals surface area contributed by atoms with E-state index >= 15 is 4.39 Å². The highest BCUT2D eigenvalue weighted by Gasteiger charge is 2.39. The number of alkyl halides is 6. The molecule has 4 aromatic rings. The number of aromatic nitrogens is 1. The Kier molecular flexibility index (Phi) is 9.83. The molecule has 0 spiro atoms. The number of likely N-dealkylation sites (N-methyl/N-ethyl adjacent to an activating group) is 1. The summed E-state index contributed by atoms with van der Waals surface area (Å²) < 4.78 is 108. The molecule has 1 aliphatic rings. The quantitative estimate of drug-likeness (QED) is 0.207. The van der Waals surface area contributed by atoms with Gasteiger partial charge in [-0.2, -0.15) is 26.3 Å². The van der Waals surface area contributed by atoms with E-state index in [0.29, 0.717) is 17.7 Å². The molecule has 0 aliphatic carbocycles. The van der Waals surface area contributed by atoms with Crippen molar-refractivity contribution in [3.8, 4) is 22.6 Å². The highest BCUT2D eigenvalue weighted by molar-refractivity contribution is 5.85. The average molecular weight is 706 g/mol. The lowest BCUT2D eigenvalue weighted by atomic mass is 9.91. The zero-order chi connectivity index (χ0) is 36.7. The highest BCUT2D eigenvalue weighted by atomic mass is 19.4. The van der Waals surface area contributed by atoms with Crippen molar-refractivity contribution < 1.29 is 50.2 Å². The maximum Gasteiger partial charge on any atom is 0.419 e. The summed E-state index contributed by atoms with van der Waals surface area (Å²) in [6, 6.07) is 8.29. The Morgan fingerprint density at radius 3 is 2.28 bits per heavy atom. The zero-order valence-electron chi connectivity index (χ0n) is 26.7. The first-order valence-electron chi connectivity index (χ1n) is 15.1. The maximum absolute atomic E-state index is 15.9. The first kappa shape index (κ1) is 36.1. The minimum absolute atomic E-state index is 0.00824. The van der Waals surface area contributed by atoms with Crippen LogP contribution < -0.4 is 15.6 Å². The van der Waals surface area contributed by atoms with E-state index in [0.717, 1.165) is 16.8 Å². The molecule has 0 saturated heterocycles. The van der Waals surface area contributed by atoms with Crippen LogP contribution in [0.3, 0.4) is 0 Å². The van der Waals surface area contributed by atoms with Crippen molar-refractivity contribution in [3.05, 3.63) is 116 Å². The van der Waals surface area contributed by atoms with Crippen LogP contribution in [-0.4, -0.2) is 47.1 Å². The van der Waals surface area contributed by atoms with Crippen LogP contribution in [0.4, 0.5) is 30.7 Å². The number of hydrogen-bond donors (Lipinski definition) is 2. The summed E-state index contributed by atoms with van der Waals surface area (Å²) in [5, 5.41) is 12.0. The van der Waals surface area contributed by atoms with Gasteiger partial charge in [0, 0.05) is 29.9 Å². The molecular formula is C35H30F7N3O5. The van der Waals surface area contributed by atoms with Crippen molar-refractivity contribution in [2.45, 2.75) is 44.2 Å². The molecule has 1 amide bonds. The molecular weight excluding hydrogens is 675 g/mol. The molecule has 1 aliphatic heterocycles. The second kappa shape index (κ2) is 13.6. The number of carbonyl (C=O) groups is 2. The fraction of sp³-hybridized carbons (Fsp3) is 0.286. The molecule has 0 radical (unpaired) electrons. The lowest BCUT2D eigenvalue weighted by molar-refractivity contribution is -0.140. The first-order valence-corrected chi connectivity index (χ1v) is 15.1. The third kappa shape index (κ3) is 7.52. The van der Waals surface area contributed by atoms with Gasteiger partial charge in [0.15, 0.2) is 0 Å². The predicted octanol–water partition coefficient (Wildman–Crippen LogP) is 7.13. The third-order valence-corrected chi connectivity index (χ3v) is 8.23. The van der Waals surface area contributed by atoms with Crippen LogP contribution in [0.15, 0.2) is 71.7 Å². The van der Waals surface area contributed by atoms with Gasteiger partial charge in [0.1, 0.15) is 23.4 Å². The van der Waals surface area contributed by atoms with Crippen molar-refractivity contribution >= 4 is 11.9 Å². The number of aliphatic carboxylic acids is 1. The Hall–Kier alpha value is -5.18. The minimum atomic E-state index is -5.25. The van der Waals surface area contributed by atoms with Gasteiger partial charge in [-0.3, -0.25) is 19.0 Å². The topological polar surface area (TPSA) is 101 Å². The summed E-state index contributed by atoms with van der Waals surface area (Å²) in [5.41, 5.74) is -5.05. The van der Waals surface area contributed by atoms with Gasteiger partial charge >= 0.3 is 18.3 Å². The number of fused-ring (bicyclic) bond motifs is 6. The van der Waals surface area contributed by atoms with E-state index in [9.17, 15) is 45.8 Å². The average Bonchev–Trinajstić information content (AvgIpc) is 3.00. The van der Waals surface area contributed by atoms with Gasteiger partial charge in [-0.1, -0.05) is 24.3 Å². The first-order chi connectivity index (χ1) is 23.3. The Bertz CT molecular complexity index is 2020. The van der Waals surface area contributed by atoms with Crippen molar-refractivity contribution in [3.63, 3.8) is 0 Å². The van der Waals surface area contributed by atoms with Gasteiger partial charge in [0.05, 0.1) is 23.6 Å². The lowest BCUT2D eigenvalue weighted by Gasteiger charge is -2.26. The van der Waals surface area contributed by atoms with E-state index in [4.69, 9.17) is 4.74 Å². The van der Waals surface area contributed by atoms with Crippen LogP contribution in [0.1, 0.15) is 51.9 Å². The van der Waals surface area contributed by atoms with E-state index in [1.165, 1.54) is 30.3 Å². The molecule has 15 heteroatoms. The van der Waals surface area contributed by atoms with E-state index in [1.807, 2.05) is 0 Å². The Labute approximate surface area is 280 Å². The molecule has 2 N–H and O–H groups in total. The number of aryl methyl sites for hydroxylation is 1.